The van der Waals surface area contributed by atoms with Crippen LogP contribution in [0.15, 0.2) is 36.4 Å². The molecule has 2 aliphatic heterocycles. The Morgan fingerprint density at radius 2 is 1.90 bits per heavy atom. The van der Waals surface area contributed by atoms with Crippen molar-refractivity contribution >= 4 is 5.69 Å². The van der Waals surface area contributed by atoms with Gasteiger partial charge in [0.1, 0.15) is 0 Å². The first-order chi connectivity index (χ1) is 13.6. The lowest BCUT2D eigenvalue weighted by Gasteiger charge is -2.37. The Morgan fingerprint density at radius 1 is 1.10 bits per heavy atom. The summed E-state index contributed by atoms with van der Waals surface area (Å²) in [6.07, 6.45) is -2.53. The normalized spacial score (nSPS) is 20.0. The van der Waals surface area contributed by atoms with Crippen LogP contribution in [0.2, 0.25) is 0 Å². The van der Waals surface area contributed by atoms with E-state index in [0.29, 0.717) is 31.0 Å². The highest BCUT2D eigenvalue weighted by atomic mass is 19.4. The molecule has 0 saturated carbocycles. The van der Waals surface area contributed by atoms with Crippen LogP contribution in [0, 0.1) is 5.41 Å². The van der Waals surface area contributed by atoms with Crippen molar-refractivity contribution in [3.63, 3.8) is 0 Å². The van der Waals surface area contributed by atoms with Gasteiger partial charge in [-0.1, -0.05) is 45.0 Å². The molecular weight excluding hydrogens is 373 g/mol. The van der Waals surface area contributed by atoms with E-state index in [4.69, 9.17) is 0 Å². The monoisotopic (exact) mass is 402 g/mol. The van der Waals surface area contributed by atoms with E-state index in [-0.39, 0.29) is 5.41 Å². The molecule has 4 rings (SSSR count). The van der Waals surface area contributed by atoms with Gasteiger partial charge in [-0.3, -0.25) is 4.90 Å². The smallest absolute Gasteiger partial charge is 0.385 e. The van der Waals surface area contributed by atoms with Crippen molar-refractivity contribution in [3.8, 4) is 0 Å². The van der Waals surface area contributed by atoms with Crippen LogP contribution in [0.4, 0.5) is 18.9 Å². The fourth-order valence-corrected chi connectivity index (χ4v) is 4.86. The molecule has 0 spiro atoms. The predicted octanol–water partition coefficient (Wildman–Crippen LogP) is 6.21. The van der Waals surface area contributed by atoms with E-state index in [9.17, 15) is 13.2 Å². The average molecular weight is 403 g/mol. The largest absolute Gasteiger partial charge is 0.416 e. The molecule has 1 unspecified atom stereocenters. The van der Waals surface area contributed by atoms with Crippen LogP contribution in [0.3, 0.4) is 0 Å². The maximum Gasteiger partial charge on any atom is 0.416 e. The van der Waals surface area contributed by atoms with Gasteiger partial charge in [-0.2, -0.15) is 13.2 Å². The highest BCUT2D eigenvalue weighted by Gasteiger charge is 2.35. The van der Waals surface area contributed by atoms with Crippen molar-refractivity contribution in [1.82, 2.24) is 4.90 Å². The molecule has 0 bridgehead atoms. The van der Waals surface area contributed by atoms with E-state index < -0.39 is 11.7 Å². The highest BCUT2D eigenvalue weighted by Crippen LogP contribution is 2.44. The second kappa shape index (κ2) is 7.35. The van der Waals surface area contributed by atoms with Crippen molar-refractivity contribution in [3.05, 3.63) is 64.2 Å². The van der Waals surface area contributed by atoms with Crippen molar-refractivity contribution in [2.45, 2.75) is 58.8 Å². The van der Waals surface area contributed by atoms with Crippen molar-refractivity contribution in [1.29, 1.82) is 0 Å². The zero-order chi connectivity index (χ0) is 20.8. The lowest BCUT2D eigenvalue weighted by Crippen LogP contribution is -2.32. The molecule has 1 N–H and O–H groups in total. The highest BCUT2D eigenvalue weighted by molar-refractivity contribution is 5.56. The number of fused-ring (bicyclic) bond motifs is 2. The summed E-state index contributed by atoms with van der Waals surface area (Å²) in [6, 6.07) is 11.1. The Balaban J connectivity index is 1.58. The minimum absolute atomic E-state index is 0.182. The average Bonchev–Trinajstić information content (AvgIpc) is 2.65. The Morgan fingerprint density at radius 3 is 2.62 bits per heavy atom. The van der Waals surface area contributed by atoms with Crippen LogP contribution in [-0.2, 0) is 25.7 Å². The zero-order valence-corrected chi connectivity index (χ0v) is 17.4. The fourth-order valence-electron chi connectivity index (χ4n) is 4.86. The standard InChI is InChI=1S/C24H29F3N2/c1-23(2,3)20-9-11-28-22-8-7-16(13-18(20)22)14-29-12-10-17-5-4-6-21(19(17)15-29)24(25,26)27/h4-8,13,20,28H,9-12,14-15H2,1-3H3. The summed E-state index contributed by atoms with van der Waals surface area (Å²) in [7, 11) is 0. The van der Waals surface area contributed by atoms with E-state index in [2.05, 4.69) is 49.2 Å². The van der Waals surface area contributed by atoms with Crippen LogP contribution in [-0.4, -0.2) is 18.0 Å². The van der Waals surface area contributed by atoms with Gasteiger partial charge < -0.3 is 5.32 Å². The molecule has 5 heteroatoms. The summed E-state index contributed by atoms with van der Waals surface area (Å²) in [5, 5.41) is 3.49. The number of nitrogens with one attached hydrogen (secondary N) is 1. The van der Waals surface area contributed by atoms with Gasteiger partial charge in [-0.25, -0.2) is 0 Å². The molecule has 1 atom stereocenters. The number of hydrogen-bond acceptors (Lipinski definition) is 2. The van der Waals surface area contributed by atoms with E-state index in [1.54, 1.807) is 0 Å². The third-order valence-corrected chi connectivity index (χ3v) is 6.35. The Labute approximate surface area is 171 Å². The molecule has 156 valence electrons. The lowest BCUT2D eigenvalue weighted by molar-refractivity contribution is -0.138. The van der Waals surface area contributed by atoms with Gasteiger partial charge in [0.05, 0.1) is 5.56 Å². The van der Waals surface area contributed by atoms with Crippen LogP contribution in [0.1, 0.15) is 60.9 Å². The molecule has 2 aromatic rings. The van der Waals surface area contributed by atoms with Crippen LogP contribution in [0.25, 0.3) is 0 Å². The van der Waals surface area contributed by atoms with Crippen molar-refractivity contribution in [2.24, 2.45) is 5.41 Å². The second-order valence-electron chi connectivity index (χ2n) is 9.46. The van der Waals surface area contributed by atoms with Gasteiger partial charge in [-0.15, -0.1) is 0 Å². The summed E-state index contributed by atoms with van der Waals surface area (Å²) in [5.41, 5.74) is 4.69. The topological polar surface area (TPSA) is 15.3 Å². The molecule has 0 amide bonds. The number of hydrogen-bond donors (Lipinski definition) is 1. The van der Waals surface area contributed by atoms with Gasteiger partial charge in [0.2, 0.25) is 0 Å². The maximum atomic E-state index is 13.4. The van der Waals surface area contributed by atoms with Gasteiger partial charge in [0.25, 0.3) is 0 Å². The summed E-state index contributed by atoms with van der Waals surface area (Å²) in [5.74, 6) is 0.484. The summed E-state index contributed by atoms with van der Waals surface area (Å²) < 4.78 is 40.3. The van der Waals surface area contributed by atoms with Crippen LogP contribution >= 0.6 is 0 Å². The molecule has 0 radical (unpaired) electrons. The zero-order valence-electron chi connectivity index (χ0n) is 17.4. The molecule has 2 heterocycles. The number of alkyl halides is 3. The molecule has 0 fully saturated rings. The van der Waals surface area contributed by atoms with Gasteiger partial charge in [-0.05, 0) is 58.6 Å². The number of benzene rings is 2. The molecule has 0 aliphatic carbocycles. The fraction of sp³-hybridized carbons (Fsp3) is 0.500. The van der Waals surface area contributed by atoms with E-state index in [1.807, 2.05) is 6.07 Å². The molecular formula is C24H29F3N2. The van der Waals surface area contributed by atoms with Crippen molar-refractivity contribution in [2.75, 3.05) is 18.4 Å². The quantitative estimate of drug-likeness (QED) is 0.642. The van der Waals surface area contributed by atoms with E-state index >= 15 is 0 Å². The van der Waals surface area contributed by atoms with Gasteiger partial charge in [0, 0.05) is 31.9 Å². The molecule has 0 saturated heterocycles. The van der Waals surface area contributed by atoms with Gasteiger partial charge >= 0.3 is 6.18 Å². The molecule has 29 heavy (non-hydrogen) atoms. The molecule has 0 aromatic heterocycles. The molecule has 2 aliphatic rings. The maximum absolute atomic E-state index is 13.4. The van der Waals surface area contributed by atoms with E-state index in [0.717, 1.165) is 25.1 Å². The first-order valence-corrected chi connectivity index (χ1v) is 10.4. The van der Waals surface area contributed by atoms with Gasteiger partial charge in [0.15, 0.2) is 0 Å². The molecule has 2 nitrogen and oxygen atoms in total. The first kappa shape index (κ1) is 20.3. The van der Waals surface area contributed by atoms with Crippen molar-refractivity contribution < 1.29 is 13.2 Å². The minimum Gasteiger partial charge on any atom is -0.385 e. The number of anilines is 1. The minimum atomic E-state index is -4.30. The Hall–Kier alpha value is -2.01. The first-order valence-electron chi connectivity index (χ1n) is 10.4. The Kier molecular flexibility index (Phi) is 5.14. The van der Waals surface area contributed by atoms with E-state index in [1.165, 1.54) is 28.9 Å². The number of nitrogens with zero attached hydrogens (tertiary/aromatic N) is 1. The summed E-state index contributed by atoms with van der Waals surface area (Å²) in [6.45, 7) is 9.63. The third kappa shape index (κ3) is 4.16. The number of halogens is 3. The predicted molar refractivity (Wildman–Crippen MR) is 111 cm³/mol. The Bertz CT molecular complexity index is 896. The lowest BCUT2D eigenvalue weighted by atomic mass is 9.72. The molecule has 2 aromatic carbocycles. The summed E-state index contributed by atoms with van der Waals surface area (Å²) in [4.78, 5) is 2.14. The SMILES string of the molecule is CC(C)(C)C1CCNc2ccc(CN3CCc4cccc(C(F)(F)F)c4C3)cc21. The third-order valence-electron chi connectivity index (χ3n) is 6.35. The second-order valence-corrected chi connectivity index (χ2v) is 9.46. The summed E-state index contributed by atoms with van der Waals surface area (Å²) >= 11 is 0. The van der Waals surface area contributed by atoms with Crippen LogP contribution in [0.5, 0.6) is 0 Å². The number of rotatable bonds is 2. The van der Waals surface area contributed by atoms with Crippen LogP contribution < -0.4 is 5.32 Å².